The second-order valence-corrected chi connectivity index (χ2v) is 15.1. The second kappa shape index (κ2) is 14.6. The van der Waals surface area contributed by atoms with Crippen molar-refractivity contribution >= 4 is 43.2 Å². The zero-order chi connectivity index (χ0) is 30.5. The second-order valence-electron chi connectivity index (χ2n) is 12.4. The molecule has 0 fully saturated rings. The highest BCUT2D eigenvalue weighted by atomic mass is 79.9. The lowest BCUT2D eigenvalue weighted by molar-refractivity contribution is 0.258. The lowest BCUT2D eigenvalue weighted by atomic mass is 9.74. The maximum atomic E-state index is 6.64. The fraction of sp³-hybridized carbons (Fsp3) is 0.436. The van der Waals surface area contributed by atoms with Gasteiger partial charge in [-0.1, -0.05) is 122 Å². The van der Waals surface area contributed by atoms with Gasteiger partial charge in [0.2, 0.25) is 0 Å². The van der Waals surface area contributed by atoms with Gasteiger partial charge in [0.05, 0.1) is 18.6 Å². The Morgan fingerprint density at radius 2 is 1.05 bits per heavy atom. The molecule has 6 rings (SSSR count). The van der Waals surface area contributed by atoms with Crippen molar-refractivity contribution in [3.8, 4) is 33.8 Å². The molecule has 0 saturated carbocycles. The molecule has 1 heterocycles. The Hall–Kier alpha value is -2.08. The van der Waals surface area contributed by atoms with Crippen molar-refractivity contribution in [2.24, 2.45) is 0 Å². The number of hydrogen-bond donors (Lipinski definition) is 0. The van der Waals surface area contributed by atoms with E-state index in [-0.39, 0.29) is 5.41 Å². The largest absolute Gasteiger partial charge is 0.490 e. The number of unbranched alkanes of at least 4 members (excludes halogenated alkanes) is 10. The Kier molecular flexibility index (Phi) is 10.6. The predicted octanol–water partition coefficient (Wildman–Crippen LogP) is 13.1. The van der Waals surface area contributed by atoms with E-state index in [1.165, 1.54) is 108 Å². The Bertz CT molecular complexity index is 1540. The number of halogens is 2. The smallest absolute Gasteiger partial charge is 0.161 e. The van der Waals surface area contributed by atoms with Crippen molar-refractivity contribution in [1.82, 2.24) is 0 Å². The molecule has 0 unspecified atom stereocenters. The Morgan fingerprint density at radius 3 is 1.61 bits per heavy atom. The van der Waals surface area contributed by atoms with Crippen LogP contribution in [0.5, 0.6) is 11.5 Å². The van der Waals surface area contributed by atoms with Crippen molar-refractivity contribution in [2.45, 2.75) is 96.3 Å². The van der Waals surface area contributed by atoms with Gasteiger partial charge in [-0.05, 0) is 99.6 Å². The maximum Gasteiger partial charge on any atom is 0.161 e. The third-order valence-electron chi connectivity index (χ3n) is 9.36. The fourth-order valence-corrected chi connectivity index (χ4v) is 9.06. The summed E-state index contributed by atoms with van der Waals surface area (Å²) in [5, 5.41) is 2.25. The number of rotatable bonds is 16. The summed E-state index contributed by atoms with van der Waals surface area (Å²) in [6.45, 7) is 5.99. The number of ether oxygens (including phenoxy) is 2. The SMILES string of the molecule is CCCCCCCCOc1cc2c(cc1OCCCCCCCC)C1(c3cc(Br)ccc3-c3ccc(Br)cc31)c1sccc1-2. The molecular weight excluding hydrogens is 692 g/mol. The van der Waals surface area contributed by atoms with Crippen LogP contribution in [0.4, 0.5) is 0 Å². The van der Waals surface area contributed by atoms with Gasteiger partial charge >= 0.3 is 0 Å². The average molecular weight is 737 g/mol. The van der Waals surface area contributed by atoms with Gasteiger partial charge in [0, 0.05) is 13.8 Å². The summed E-state index contributed by atoms with van der Waals surface area (Å²) >= 11 is 9.51. The van der Waals surface area contributed by atoms with Crippen LogP contribution in [0.2, 0.25) is 0 Å². The fourth-order valence-electron chi connectivity index (χ4n) is 7.18. The van der Waals surface area contributed by atoms with Gasteiger partial charge in [-0.15, -0.1) is 11.3 Å². The molecule has 2 aliphatic carbocycles. The molecule has 2 nitrogen and oxygen atoms in total. The first-order chi connectivity index (χ1) is 21.6. The van der Waals surface area contributed by atoms with Gasteiger partial charge in [0.1, 0.15) is 0 Å². The predicted molar refractivity (Wildman–Crippen MR) is 194 cm³/mol. The van der Waals surface area contributed by atoms with E-state index in [4.69, 9.17) is 9.47 Å². The highest BCUT2D eigenvalue weighted by Gasteiger charge is 2.53. The molecule has 0 N–H and O–H groups in total. The van der Waals surface area contributed by atoms with Crippen LogP contribution in [-0.2, 0) is 5.41 Å². The molecule has 1 aromatic heterocycles. The lowest BCUT2D eigenvalue weighted by Crippen LogP contribution is -2.25. The summed E-state index contributed by atoms with van der Waals surface area (Å²) < 4.78 is 15.4. The van der Waals surface area contributed by atoms with Crippen molar-refractivity contribution in [2.75, 3.05) is 13.2 Å². The highest BCUT2D eigenvalue weighted by Crippen LogP contribution is 2.65. The van der Waals surface area contributed by atoms with Crippen LogP contribution in [0.3, 0.4) is 0 Å². The van der Waals surface area contributed by atoms with Crippen LogP contribution in [0.25, 0.3) is 22.3 Å². The quantitative estimate of drug-likeness (QED) is 0.0921. The first-order valence-electron chi connectivity index (χ1n) is 16.7. The summed E-state index contributed by atoms with van der Waals surface area (Å²) in [6.07, 6.45) is 15.0. The Morgan fingerprint density at radius 1 is 0.545 bits per heavy atom. The summed E-state index contributed by atoms with van der Waals surface area (Å²) in [7, 11) is 0. The number of hydrogen-bond acceptors (Lipinski definition) is 3. The molecule has 0 bridgehead atoms. The minimum Gasteiger partial charge on any atom is -0.490 e. The standard InChI is InChI=1S/C39H44Br2O2S/c1-3-5-7-9-11-13-20-42-36-25-32-31-19-22-44-38(31)39(35(32)26-37(36)43-21-14-12-10-8-6-4-2)33-23-27(40)15-17-29(33)30-18-16-28(41)24-34(30)39/h15-19,22-26H,3-14,20-21H2,1-2H3. The van der Waals surface area contributed by atoms with Gasteiger partial charge in [0.25, 0.3) is 0 Å². The van der Waals surface area contributed by atoms with Gasteiger partial charge < -0.3 is 9.47 Å². The molecule has 4 aromatic rings. The van der Waals surface area contributed by atoms with E-state index in [0.29, 0.717) is 0 Å². The number of fused-ring (bicyclic) bond motifs is 10. The van der Waals surface area contributed by atoms with E-state index < -0.39 is 0 Å². The molecular formula is C39H44Br2O2S. The van der Waals surface area contributed by atoms with E-state index in [1.807, 2.05) is 11.3 Å². The minimum atomic E-state index is -0.382. The molecule has 2 aliphatic rings. The minimum absolute atomic E-state index is 0.382. The Labute approximate surface area is 284 Å². The van der Waals surface area contributed by atoms with E-state index in [2.05, 4.69) is 106 Å². The molecule has 3 aromatic carbocycles. The lowest BCUT2D eigenvalue weighted by Gasteiger charge is -2.30. The van der Waals surface area contributed by atoms with Crippen LogP contribution in [0.15, 0.2) is 68.9 Å². The third-order valence-corrected chi connectivity index (χ3v) is 11.4. The molecule has 1 spiro atoms. The molecule has 0 aliphatic heterocycles. The Balaban J connectivity index is 1.38. The van der Waals surface area contributed by atoms with Crippen molar-refractivity contribution < 1.29 is 9.47 Å². The van der Waals surface area contributed by atoms with Gasteiger partial charge in [-0.25, -0.2) is 0 Å². The summed E-state index contributed by atoms with van der Waals surface area (Å²) in [5.74, 6) is 1.78. The van der Waals surface area contributed by atoms with Crippen LogP contribution < -0.4 is 9.47 Å². The van der Waals surface area contributed by atoms with E-state index >= 15 is 0 Å². The monoisotopic (exact) mass is 734 g/mol. The topological polar surface area (TPSA) is 18.5 Å². The van der Waals surface area contributed by atoms with Crippen LogP contribution >= 0.6 is 43.2 Å². The molecule has 0 atom stereocenters. The molecule has 5 heteroatoms. The number of benzene rings is 3. The van der Waals surface area contributed by atoms with E-state index in [0.717, 1.165) is 46.5 Å². The third kappa shape index (κ3) is 6.06. The number of thiophene rings is 1. The summed E-state index contributed by atoms with van der Waals surface area (Å²) in [6, 6.07) is 20.5. The summed E-state index contributed by atoms with van der Waals surface area (Å²) in [4.78, 5) is 1.39. The first-order valence-corrected chi connectivity index (χ1v) is 19.2. The van der Waals surface area contributed by atoms with Crippen LogP contribution in [-0.4, -0.2) is 13.2 Å². The van der Waals surface area contributed by atoms with Crippen molar-refractivity contribution in [1.29, 1.82) is 0 Å². The van der Waals surface area contributed by atoms with E-state index in [9.17, 15) is 0 Å². The maximum absolute atomic E-state index is 6.64. The zero-order valence-electron chi connectivity index (χ0n) is 26.2. The zero-order valence-corrected chi connectivity index (χ0v) is 30.1. The van der Waals surface area contributed by atoms with Crippen LogP contribution in [0.1, 0.15) is 112 Å². The van der Waals surface area contributed by atoms with Gasteiger partial charge in [0.15, 0.2) is 11.5 Å². The van der Waals surface area contributed by atoms with Crippen molar-refractivity contribution in [3.63, 3.8) is 0 Å². The average Bonchev–Trinajstić information content (AvgIpc) is 3.68. The highest BCUT2D eigenvalue weighted by molar-refractivity contribution is 9.10. The first kappa shape index (κ1) is 31.9. The molecule has 0 radical (unpaired) electrons. The molecule has 232 valence electrons. The normalized spacial score (nSPS) is 13.5. The molecule has 44 heavy (non-hydrogen) atoms. The van der Waals surface area contributed by atoms with Gasteiger partial charge in [-0.2, -0.15) is 0 Å². The molecule has 0 amide bonds. The van der Waals surface area contributed by atoms with Gasteiger partial charge in [-0.3, -0.25) is 0 Å². The van der Waals surface area contributed by atoms with E-state index in [1.54, 1.807) is 0 Å². The van der Waals surface area contributed by atoms with Crippen molar-refractivity contribution in [3.05, 3.63) is 90.5 Å². The summed E-state index contributed by atoms with van der Waals surface area (Å²) in [5.41, 5.74) is 8.80. The molecule has 0 saturated heterocycles. The van der Waals surface area contributed by atoms with Crippen LogP contribution in [0, 0.1) is 0 Å².